The van der Waals surface area contributed by atoms with E-state index in [1.165, 1.54) is 36.3 Å². The van der Waals surface area contributed by atoms with E-state index >= 15 is 0 Å². The Kier molecular flexibility index (Phi) is 4.61. The summed E-state index contributed by atoms with van der Waals surface area (Å²) in [6.07, 6.45) is -3.30. The van der Waals surface area contributed by atoms with Crippen LogP contribution in [0.1, 0.15) is 12.0 Å². The Bertz CT molecular complexity index is 954. The second kappa shape index (κ2) is 6.75. The minimum absolute atomic E-state index is 0.0192. The molecule has 0 fully saturated rings. The van der Waals surface area contributed by atoms with Gasteiger partial charge in [-0.05, 0) is 35.4 Å². The summed E-state index contributed by atoms with van der Waals surface area (Å²) in [5.41, 5.74) is 8.01. The summed E-state index contributed by atoms with van der Waals surface area (Å²) >= 11 is 0. The minimum Gasteiger partial charge on any atom is -0.406 e. The maximum absolute atomic E-state index is 12.4. The number of likely N-dealkylation sites (N-methyl/N-ethyl adjacent to an activating group) is 1. The van der Waals surface area contributed by atoms with Crippen LogP contribution in [0.5, 0.6) is 5.75 Å². The van der Waals surface area contributed by atoms with Gasteiger partial charge >= 0.3 is 6.36 Å². The van der Waals surface area contributed by atoms with Gasteiger partial charge < -0.3 is 10.5 Å². The number of amidine groups is 1. The maximum atomic E-state index is 12.4. The number of carbonyl (C=O) groups excluding carboxylic acids is 1. The zero-order valence-electron chi connectivity index (χ0n) is 14.2. The van der Waals surface area contributed by atoms with Crippen LogP contribution in [0, 0.1) is 5.41 Å². The fourth-order valence-electron chi connectivity index (χ4n) is 2.70. The summed E-state index contributed by atoms with van der Waals surface area (Å²) in [6.45, 7) is 0. The van der Waals surface area contributed by atoms with E-state index in [-0.39, 0.29) is 29.6 Å². The number of carbonyl (C=O) groups is 1. The normalized spacial score (nSPS) is 15.3. The van der Waals surface area contributed by atoms with Crippen LogP contribution in [0.4, 0.5) is 13.2 Å². The lowest BCUT2D eigenvalue weighted by atomic mass is 9.95. The number of rotatable bonds is 3. The summed E-state index contributed by atoms with van der Waals surface area (Å²) in [4.78, 5) is 17.4. The van der Waals surface area contributed by atoms with E-state index in [1.54, 1.807) is 18.2 Å². The fourth-order valence-corrected chi connectivity index (χ4v) is 2.70. The number of nitrogens with zero attached hydrogens (tertiary/aromatic N) is 2. The third kappa shape index (κ3) is 3.91. The van der Waals surface area contributed by atoms with E-state index in [2.05, 4.69) is 9.72 Å². The standard InChI is InChI=1S/C18H15F3N4O2/c1-25-15(26)9-13(16(22)17(25)23)10-5-6-24-14(8-10)11-3-2-4-12(7-11)27-18(19,20)21/h2-8,23H,9,22H2,1H3. The molecule has 1 aliphatic rings. The lowest BCUT2D eigenvalue weighted by Gasteiger charge is -2.26. The Balaban J connectivity index is 1.99. The quantitative estimate of drug-likeness (QED) is 0.861. The van der Waals surface area contributed by atoms with Gasteiger partial charge in [0.25, 0.3) is 0 Å². The lowest BCUT2D eigenvalue weighted by molar-refractivity contribution is -0.274. The Morgan fingerprint density at radius 1 is 1.22 bits per heavy atom. The predicted octanol–water partition coefficient (Wildman–Crippen LogP) is 3.16. The monoisotopic (exact) mass is 376 g/mol. The molecule has 1 aromatic heterocycles. The average molecular weight is 376 g/mol. The molecule has 0 atom stereocenters. The highest BCUT2D eigenvalue weighted by Gasteiger charge is 2.31. The van der Waals surface area contributed by atoms with Crippen molar-refractivity contribution in [3.05, 3.63) is 53.9 Å². The van der Waals surface area contributed by atoms with Crippen molar-refractivity contribution in [3.8, 4) is 17.0 Å². The molecule has 0 unspecified atom stereocenters. The van der Waals surface area contributed by atoms with E-state index in [9.17, 15) is 18.0 Å². The van der Waals surface area contributed by atoms with Crippen molar-refractivity contribution in [3.63, 3.8) is 0 Å². The molecule has 2 aromatic rings. The number of amides is 1. The molecule has 0 saturated heterocycles. The minimum atomic E-state index is -4.79. The van der Waals surface area contributed by atoms with Crippen LogP contribution in [0.3, 0.4) is 0 Å². The molecule has 1 amide bonds. The summed E-state index contributed by atoms with van der Waals surface area (Å²) in [7, 11) is 1.47. The number of benzene rings is 1. The molecule has 0 aliphatic carbocycles. The molecular weight excluding hydrogens is 361 g/mol. The van der Waals surface area contributed by atoms with Crippen molar-refractivity contribution in [2.45, 2.75) is 12.8 Å². The van der Waals surface area contributed by atoms with Crippen molar-refractivity contribution in [2.24, 2.45) is 5.73 Å². The predicted molar refractivity (Wildman–Crippen MR) is 92.6 cm³/mol. The largest absolute Gasteiger partial charge is 0.573 e. The van der Waals surface area contributed by atoms with Crippen LogP contribution in [-0.4, -0.2) is 35.0 Å². The number of nitrogens with one attached hydrogen (secondary N) is 1. The van der Waals surface area contributed by atoms with Crippen LogP contribution >= 0.6 is 0 Å². The van der Waals surface area contributed by atoms with E-state index in [1.807, 2.05) is 0 Å². The van der Waals surface area contributed by atoms with E-state index in [0.29, 0.717) is 22.4 Å². The molecule has 0 bridgehead atoms. The van der Waals surface area contributed by atoms with Gasteiger partial charge in [0.1, 0.15) is 5.75 Å². The van der Waals surface area contributed by atoms with Gasteiger partial charge in [0, 0.05) is 18.8 Å². The smallest absolute Gasteiger partial charge is 0.406 e. The number of alkyl halides is 3. The van der Waals surface area contributed by atoms with Gasteiger partial charge in [-0.15, -0.1) is 13.2 Å². The average Bonchev–Trinajstić information content (AvgIpc) is 2.62. The highest BCUT2D eigenvalue weighted by Crippen LogP contribution is 2.31. The van der Waals surface area contributed by atoms with Crippen molar-refractivity contribution in [1.82, 2.24) is 9.88 Å². The van der Waals surface area contributed by atoms with E-state index in [0.717, 1.165) is 0 Å². The number of nitrogens with two attached hydrogens (primary N) is 1. The van der Waals surface area contributed by atoms with E-state index < -0.39 is 6.36 Å². The molecule has 1 aromatic carbocycles. The van der Waals surface area contributed by atoms with Crippen LogP contribution in [-0.2, 0) is 4.79 Å². The summed E-state index contributed by atoms with van der Waals surface area (Å²) in [5, 5.41) is 7.92. The summed E-state index contributed by atoms with van der Waals surface area (Å²) < 4.78 is 41.2. The zero-order chi connectivity index (χ0) is 19.8. The molecule has 2 heterocycles. The number of ether oxygens (including phenoxy) is 1. The molecule has 3 N–H and O–H groups in total. The second-order valence-electron chi connectivity index (χ2n) is 5.88. The molecule has 6 nitrogen and oxygen atoms in total. The first-order valence-corrected chi connectivity index (χ1v) is 7.82. The molecule has 0 radical (unpaired) electrons. The first-order valence-electron chi connectivity index (χ1n) is 7.82. The third-order valence-electron chi connectivity index (χ3n) is 4.09. The Labute approximate surface area is 152 Å². The first kappa shape index (κ1) is 18.4. The van der Waals surface area contributed by atoms with Crippen molar-refractivity contribution in [1.29, 1.82) is 5.41 Å². The zero-order valence-corrected chi connectivity index (χ0v) is 14.2. The summed E-state index contributed by atoms with van der Waals surface area (Å²) in [5.74, 6) is -0.731. The molecule has 1 aliphatic heterocycles. The molecule has 0 spiro atoms. The Morgan fingerprint density at radius 3 is 2.67 bits per heavy atom. The third-order valence-corrected chi connectivity index (χ3v) is 4.09. The highest BCUT2D eigenvalue weighted by molar-refractivity contribution is 6.15. The van der Waals surface area contributed by atoms with Gasteiger partial charge in [0.15, 0.2) is 5.84 Å². The topological polar surface area (TPSA) is 92.3 Å². The van der Waals surface area contributed by atoms with Gasteiger partial charge in [-0.2, -0.15) is 0 Å². The van der Waals surface area contributed by atoms with E-state index in [4.69, 9.17) is 11.1 Å². The lowest BCUT2D eigenvalue weighted by Crippen LogP contribution is -2.40. The Hall–Kier alpha value is -3.36. The number of aromatic nitrogens is 1. The van der Waals surface area contributed by atoms with Gasteiger partial charge in [-0.3, -0.25) is 20.1 Å². The van der Waals surface area contributed by atoms with Gasteiger partial charge in [0.05, 0.1) is 17.8 Å². The van der Waals surface area contributed by atoms with Crippen LogP contribution in [0.2, 0.25) is 0 Å². The number of hydrogen-bond acceptors (Lipinski definition) is 5. The molecule has 140 valence electrons. The molecule has 9 heteroatoms. The number of pyridine rings is 1. The molecular formula is C18H15F3N4O2. The van der Waals surface area contributed by atoms with Gasteiger partial charge in [0.2, 0.25) is 5.91 Å². The SMILES string of the molecule is CN1C(=N)C(N)=C(c2ccnc(-c3cccc(OC(F)(F)F)c3)c2)CC1=O. The van der Waals surface area contributed by atoms with Crippen molar-refractivity contribution < 1.29 is 22.7 Å². The van der Waals surface area contributed by atoms with Crippen molar-refractivity contribution in [2.75, 3.05) is 7.05 Å². The fraction of sp³-hybridized carbons (Fsp3) is 0.167. The first-order chi connectivity index (χ1) is 12.7. The van der Waals surface area contributed by atoms with Crippen LogP contribution < -0.4 is 10.5 Å². The molecule has 27 heavy (non-hydrogen) atoms. The maximum Gasteiger partial charge on any atom is 0.573 e. The van der Waals surface area contributed by atoms with Crippen LogP contribution in [0.15, 0.2) is 48.3 Å². The van der Waals surface area contributed by atoms with Crippen molar-refractivity contribution >= 4 is 17.3 Å². The highest BCUT2D eigenvalue weighted by atomic mass is 19.4. The second-order valence-corrected chi connectivity index (χ2v) is 5.88. The van der Waals surface area contributed by atoms with Crippen LogP contribution in [0.25, 0.3) is 16.8 Å². The molecule has 3 rings (SSSR count). The number of hydrogen-bond donors (Lipinski definition) is 2. The van der Waals surface area contributed by atoms with Gasteiger partial charge in [-0.1, -0.05) is 12.1 Å². The summed E-state index contributed by atoms with van der Waals surface area (Å²) in [6, 6.07) is 8.67. The molecule has 0 saturated carbocycles. The Morgan fingerprint density at radius 2 is 1.96 bits per heavy atom. The number of halogens is 3. The van der Waals surface area contributed by atoms with Gasteiger partial charge in [-0.25, -0.2) is 0 Å².